The summed E-state index contributed by atoms with van der Waals surface area (Å²) < 4.78 is 1.05. The molecule has 0 bridgehead atoms. The largest absolute Gasteiger partial charge is 0.369 e. The normalized spacial score (nSPS) is 26.7. The van der Waals surface area contributed by atoms with Crippen molar-refractivity contribution in [3.63, 3.8) is 0 Å². The van der Waals surface area contributed by atoms with Crippen LogP contribution in [0.1, 0.15) is 24.6 Å². The maximum Gasteiger partial charge on any atom is 0.235 e. The number of hydrogen-bond donors (Lipinski definition) is 1. The van der Waals surface area contributed by atoms with Crippen LogP contribution in [0.4, 0.5) is 0 Å². The lowest BCUT2D eigenvalue weighted by Gasteiger charge is -2.40. The van der Waals surface area contributed by atoms with Crippen LogP contribution in [0, 0.1) is 11.8 Å². The second kappa shape index (κ2) is 5.95. The number of carbonyl (C=O) groups is 1. The van der Waals surface area contributed by atoms with Gasteiger partial charge in [0.25, 0.3) is 0 Å². The fraction of sp³-hybridized carbons (Fsp3) is 0.368. The molecule has 1 unspecified atom stereocenters. The smallest absolute Gasteiger partial charge is 0.235 e. The summed E-state index contributed by atoms with van der Waals surface area (Å²) in [6, 6.07) is 12.5. The minimum atomic E-state index is -0.580. The summed E-state index contributed by atoms with van der Waals surface area (Å²) in [6.07, 6.45) is 2.19. The highest BCUT2D eigenvalue weighted by Gasteiger charge is 2.53. The molecule has 0 spiro atoms. The number of benzene rings is 1. The molecule has 1 aliphatic carbocycles. The Kier molecular flexibility index (Phi) is 4.00. The van der Waals surface area contributed by atoms with Crippen molar-refractivity contribution in [2.24, 2.45) is 22.6 Å². The van der Waals surface area contributed by atoms with Gasteiger partial charge in [-0.05, 0) is 55.5 Å². The van der Waals surface area contributed by atoms with Gasteiger partial charge in [0.15, 0.2) is 5.96 Å². The zero-order valence-electron chi connectivity index (χ0n) is 14.2. The average molecular weight is 418 g/mol. The molecule has 6 heteroatoms. The molecule has 0 saturated heterocycles. The molecule has 1 aromatic carbocycles. The third-order valence-corrected chi connectivity index (χ3v) is 7.05. The number of nitrogens with zero attached hydrogens (tertiary/aromatic N) is 2. The fourth-order valence-corrected chi connectivity index (χ4v) is 5.18. The van der Waals surface area contributed by atoms with Gasteiger partial charge in [-0.3, -0.25) is 9.69 Å². The summed E-state index contributed by atoms with van der Waals surface area (Å²) in [5, 5.41) is 0. The summed E-state index contributed by atoms with van der Waals surface area (Å²) in [7, 11) is 1.72. The zero-order chi connectivity index (χ0) is 17.8. The molecule has 25 heavy (non-hydrogen) atoms. The Bertz CT molecular complexity index is 873. The zero-order valence-corrected chi connectivity index (χ0v) is 16.6. The molecule has 2 atom stereocenters. The molecule has 130 valence electrons. The molecular formula is C19H20BrN3OS. The van der Waals surface area contributed by atoms with Gasteiger partial charge >= 0.3 is 0 Å². The van der Waals surface area contributed by atoms with Crippen molar-refractivity contribution >= 4 is 39.1 Å². The van der Waals surface area contributed by atoms with E-state index in [1.54, 1.807) is 18.4 Å². The third kappa shape index (κ3) is 2.81. The SMILES string of the molecule is CN1C(=O)C(C2CC2)[C@@](C)(c2ccc(-c3cccc(Br)c3)s2)N=C1N. The molecule has 4 nitrogen and oxygen atoms in total. The van der Waals surface area contributed by atoms with E-state index in [0.717, 1.165) is 27.8 Å². The van der Waals surface area contributed by atoms with E-state index in [1.165, 1.54) is 9.78 Å². The quantitative estimate of drug-likeness (QED) is 0.812. The number of rotatable bonds is 3. The summed E-state index contributed by atoms with van der Waals surface area (Å²) >= 11 is 5.23. The number of halogens is 1. The molecule has 2 N–H and O–H groups in total. The highest BCUT2D eigenvalue weighted by Crippen LogP contribution is 2.52. The first-order chi connectivity index (χ1) is 11.9. The van der Waals surface area contributed by atoms with E-state index < -0.39 is 5.54 Å². The van der Waals surface area contributed by atoms with Gasteiger partial charge in [-0.15, -0.1) is 11.3 Å². The molecular weight excluding hydrogens is 398 g/mol. The first-order valence-corrected chi connectivity index (χ1v) is 10.0. The predicted octanol–water partition coefficient (Wildman–Crippen LogP) is 4.21. The van der Waals surface area contributed by atoms with Crippen LogP contribution >= 0.6 is 27.3 Å². The van der Waals surface area contributed by atoms with Crippen molar-refractivity contribution in [1.29, 1.82) is 0 Å². The van der Waals surface area contributed by atoms with Crippen LogP contribution in [0.5, 0.6) is 0 Å². The number of aliphatic imine (C=N–C) groups is 1. The lowest BCUT2D eigenvalue weighted by Crippen LogP contribution is -2.54. The van der Waals surface area contributed by atoms with E-state index in [1.807, 2.05) is 12.1 Å². The van der Waals surface area contributed by atoms with Crippen molar-refractivity contribution < 1.29 is 4.79 Å². The monoisotopic (exact) mass is 417 g/mol. The van der Waals surface area contributed by atoms with Gasteiger partial charge in [-0.1, -0.05) is 28.1 Å². The Morgan fingerprint density at radius 3 is 2.76 bits per heavy atom. The third-order valence-electron chi connectivity index (χ3n) is 5.20. The van der Waals surface area contributed by atoms with Crippen LogP contribution in [-0.2, 0) is 10.3 Å². The standard InChI is InChI=1S/C19H20BrN3OS/c1-19(16(11-6-7-11)17(24)23(2)18(21)22-19)15-9-8-14(25-15)12-4-3-5-13(20)10-12/h3-5,8-11,16H,6-7H2,1-2H3,(H2,21,22)/t16?,19-/m1/s1. The number of nitrogens with two attached hydrogens (primary N) is 1. The van der Waals surface area contributed by atoms with Crippen molar-refractivity contribution in [1.82, 2.24) is 4.90 Å². The van der Waals surface area contributed by atoms with Gasteiger partial charge in [-0.2, -0.15) is 0 Å². The maximum atomic E-state index is 12.9. The van der Waals surface area contributed by atoms with Crippen molar-refractivity contribution in [3.05, 3.63) is 45.7 Å². The van der Waals surface area contributed by atoms with Gasteiger partial charge in [0, 0.05) is 21.3 Å². The molecule has 2 aliphatic rings. The van der Waals surface area contributed by atoms with Crippen LogP contribution in [0.25, 0.3) is 10.4 Å². The molecule has 1 fully saturated rings. The van der Waals surface area contributed by atoms with E-state index in [2.05, 4.69) is 47.1 Å². The van der Waals surface area contributed by atoms with E-state index >= 15 is 0 Å². The van der Waals surface area contributed by atoms with Gasteiger partial charge in [0.2, 0.25) is 5.91 Å². The molecule has 1 amide bonds. The number of amides is 1. The van der Waals surface area contributed by atoms with Crippen LogP contribution in [-0.4, -0.2) is 23.8 Å². The second-order valence-corrected chi connectivity index (χ2v) is 9.00. The summed E-state index contributed by atoms with van der Waals surface area (Å²) in [4.78, 5) is 21.5. The summed E-state index contributed by atoms with van der Waals surface area (Å²) in [5.41, 5.74) is 6.64. The molecule has 1 saturated carbocycles. The highest BCUT2D eigenvalue weighted by molar-refractivity contribution is 9.10. The van der Waals surface area contributed by atoms with Crippen molar-refractivity contribution in [2.45, 2.75) is 25.3 Å². The molecule has 4 rings (SSSR count). The highest BCUT2D eigenvalue weighted by atomic mass is 79.9. The first kappa shape index (κ1) is 16.8. The van der Waals surface area contributed by atoms with Gasteiger partial charge in [-0.25, -0.2) is 4.99 Å². The minimum absolute atomic E-state index is 0.0925. The molecule has 1 aromatic heterocycles. The molecule has 1 aliphatic heterocycles. The number of thiophene rings is 1. The van der Waals surface area contributed by atoms with Gasteiger partial charge in [0.1, 0.15) is 5.54 Å². The second-order valence-electron chi connectivity index (χ2n) is 7.00. The van der Waals surface area contributed by atoms with Crippen LogP contribution in [0.3, 0.4) is 0 Å². The number of guanidine groups is 1. The number of carbonyl (C=O) groups excluding carboxylic acids is 1. The molecule has 2 aromatic rings. The Balaban J connectivity index is 1.78. The predicted molar refractivity (Wildman–Crippen MR) is 105 cm³/mol. The van der Waals surface area contributed by atoms with Crippen LogP contribution in [0.2, 0.25) is 0 Å². The fourth-order valence-electron chi connectivity index (χ4n) is 3.65. The van der Waals surface area contributed by atoms with Gasteiger partial charge < -0.3 is 5.73 Å². The minimum Gasteiger partial charge on any atom is -0.369 e. The molecule has 2 heterocycles. The Labute approximate surface area is 159 Å². The van der Waals surface area contributed by atoms with Crippen LogP contribution in [0.15, 0.2) is 45.9 Å². The Morgan fingerprint density at radius 2 is 2.08 bits per heavy atom. The van der Waals surface area contributed by atoms with E-state index in [-0.39, 0.29) is 11.8 Å². The van der Waals surface area contributed by atoms with Crippen molar-refractivity contribution in [3.8, 4) is 10.4 Å². The summed E-state index contributed by atoms with van der Waals surface area (Å²) in [5.74, 6) is 0.684. The van der Waals surface area contributed by atoms with E-state index in [0.29, 0.717) is 11.9 Å². The molecule has 0 radical (unpaired) electrons. The van der Waals surface area contributed by atoms with E-state index in [4.69, 9.17) is 10.7 Å². The lowest BCUT2D eigenvalue weighted by atomic mass is 9.79. The summed E-state index contributed by atoms with van der Waals surface area (Å²) in [6.45, 7) is 2.06. The van der Waals surface area contributed by atoms with E-state index in [9.17, 15) is 4.79 Å². The number of hydrogen-bond acceptors (Lipinski definition) is 4. The average Bonchev–Trinajstić information content (AvgIpc) is 3.26. The van der Waals surface area contributed by atoms with Gasteiger partial charge in [0.05, 0.1) is 5.92 Å². The van der Waals surface area contributed by atoms with Crippen molar-refractivity contribution in [2.75, 3.05) is 7.05 Å². The maximum absolute atomic E-state index is 12.9. The Hall–Kier alpha value is -1.66. The lowest BCUT2D eigenvalue weighted by molar-refractivity contribution is -0.134. The first-order valence-electron chi connectivity index (χ1n) is 8.39. The van der Waals surface area contributed by atoms with Crippen LogP contribution < -0.4 is 5.73 Å². The topological polar surface area (TPSA) is 58.7 Å². The Morgan fingerprint density at radius 1 is 1.32 bits per heavy atom.